The van der Waals surface area contributed by atoms with Crippen molar-refractivity contribution in [2.75, 3.05) is 0 Å². The molecule has 0 aliphatic rings. The molecule has 0 aromatic rings. The first-order valence-corrected chi connectivity index (χ1v) is 7.03. The fraction of sp³-hybridized carbons (Fsp3) is 0.800. The van der Waals surface area contributed by atoms with Gasteiger partial charge in [0.15, 0.2) is 0 Å². The summed E-state index contributed by atoms with van der Waals surface area (Å²) in [6.07, 6.45) is 11.9. The molecule has 0 fully saturated rings. The highest BCUT2D eigenvalue weighted by atomic mass is 16.4. The molecule has 0 bridgehead atoms. The highest BCUT2D eigenvalue weighted by Crippen LogP contribution is 2.17. The van der Waals surface area contributed by atoms with Crippen LogP contribution in [0.1, 0.15) is 72.1 Å². The van der Waals surface area contributed by atoms with Crippen molar-refractivity contribution in [1.82, 2.24) is 0 Å². The van der Waals surface area contributed by atoms with E-state index < -0.39 is 5.97 Å². The number of aliphatic carboxylic acids is 1. The van der Waals surface area contributed by atoms with Crippen LogP contribution in [-0.2, 0) is 4.79 Å². The van der Waals surface area contributed by atoms with Crippen LogP contribution in [0, 0.1) is 5.92 Å². The lowest BCUT2D eigenvalue weighted by Gasteiger charge is -2.10. The minimum atomic E-state index is -0.786. The fourth-order valence-electron chi connectivity index (χ4n) is 2.02. The molecule has 0 aliphatic heterocycles. The fourth-order valence-corrected chi connectivity index (χ4v) is 2.02. The summed E-state index contributed by atoms with van der Waals surface area (Å²) >= 11 is 0. The molecular weight excluding hydrogens is 212 g/mol. The van der Waals surface area contributed by atoms with E-state index in [1.54, 1.807) is 6.92 Å². The molecule has 0 aromatic heterocycles. The summed E-state index contributed by atoms with van der Waals surface area (Å²) in [5.74, 6) is -0.344. The highest BCUT2D eigenvalue weighted by Gasteiger charge is 2.06. The molecule has 100 valence electrons. The number of carboxylic acids is 1. The molecule has 0 saturated carbocycles. The predicted molar refractivity (Wildman–Crippen MR) is 73.2 cm³/mol. The third kappa shape index (κ3) is 8.96. The van der Waals surface area contributed by atoms with E-state index in [1.165, 1.54) is 38.5 Å². The Morgan fingerprint density at radius 3 is 2.24 bits per heavy atom. The van der Waals surface area contributed by atoms with Gasteiger partial charge in [-0.3, -0.25) is 0 Å². The standard InChI is InChI=1S/C15H28O2/c1-4-6-7-8-9-10-11-14(5-2)12-13(3)15(16)17/h12,14H,4-11H2,1-3H3,(H,16,17). The number of hydrogen-bond donors (Lipinski definition) is 1. The monoisotopic (exact) mass is 240 g/mol. The van der Waals surface area contributed by atoms with Gasteiger partial charge in [0, 0.05) is 5.57 Å². The average molecular weight is 240 g/mol. The van der Waals surface area contributed by atoms with Crippen molar-refractivity contribution in [3.8, 4) is 0 Å². The normalized spacial score (nSPS) is 13.7. The summed E-state index contributed by atoms with van der Waals surface area (Å²) in [6.45, 7) is 6.05. The van der Waals surface area contributed by atoms with Crippen LogP contribution in [0.2, 0.25) is 0 Å². The molecule has 1 unspecified atom stereocenters. The summed E-state index contributed by atoms with van der Waals surface area (Å²) in [5.41, 5.74) is 0.489. The van der Waals surface area contributed by atoms with Crippen molar-refractivity contribution in [2.45, 2.75) is 72.1 Å². The van der Waals surface area contributed by atoms with Crippen LogP contribution >= 0.6 is 0 Å². The minimum Gasteiger partial charge on any atom is -0.478 e. The van der Waals surface area contributed by atoms with Crippen molar-refractivity contribution in [3.63, 3.8) is 0 Å². The number of allylic oxidation sites excluding steroid dienone is 1. The maximum absolute atomic E-state index is 10.7. The maximum atomic E-state index is 10.7. The first kappa shape index (κ1) is 16.2. The molecule has 0 amide bonds. The van der Waals surface area contributed by atoms with Crippen molar-refractivity contribution in [2.24, 2.45) is 5.92 Å². The van der Waals surface area contributed by atoms with Crippen LogP contribution in [0.25, 0.3) is 0 Å². The Bertz CT molecular complexity index is 231. The van der Waals surface area contributed by atoms with E-state index in [1.807, 2.05) is 6.08 Å². The number of hydrogen-bond acceptors (Lipinski definition) is 1. The van der Waals surface area contributed by atoms with Crippen LogP contribution in [0.15, 0.2) is 11.6 Å². The van der Waals surface area contributed by atoms with Crippen molar-refractivity contribution >= 4 is 5.97 Å². The molecule has 17 heavy (non-hydrogen) atoms. The Hall–Kier alpha value is -0.790. The summed E-state index contributed by atoms with van der Waals surface area (Å²) < 4.78 is 0. The lowest BCUT2D eigenvalue weighted by atomic mass is 9.96. The second-order valence-electron chi connectivity index (χ2n) is 4.88. The maximum Gasteiger partial charge on any atom is 0.330 e. The van der Waals surface area contributed by atoms with Gasteiger partial charge in [0.25, 0.3) is 0 Å². The van der Waals surface area contributed by atoms with E-state index >= 15 is 0 Å². The molecule has 1 atom stereocenters. The Morgan fingerprint density at radius 1 is 1.12 bits per heavy atom. The second kappa shape index (κ2) is 10.4. The van der Waals surface area contributed by atoms with Crippen molar-refractivity contribution in [1.29, 1.82) is 0 Å². The van der Waals surface area contributed by atoms with E-state index in [4.69, 9.17) is 5.11 Å². The zero-order valence-electron chi connectivity index (χ0n) is 11.7. The van der Waals surface area contributed by atoms with E-state index in [-0.39, 0.29) is 0 Å². The zero-order valence-corrected chi connectivity index (χ0v) is 11.7. The SMILES string of the molecule is CCCCCCCCC(C=C(C)C(=O)O)CC. The lowest BCUT2D eigenvalue weighted by Crippen LogP contribution is -2.02. The van der Waals surface area contributed by atoms with Gasteiger partial charge < -0.3 is 5.11 Å². The molecule has 0 heterocycles. The van der Waals surface area contributed by atoms with Gasteiger partial charge in [-0.15, -0.1) is 0 Å². The third-order valence-electron chi connectivity index (χ3n) is 3.28. The van der Waals surface area contributed by atoms with Crippen LogP contribution in [0.4, 0.5) is 0 Å². The van der Waals surface area contributed by atoms with Crippen LogP contribution in [0.5, 0.6) is 0 Å². The Kier molecular flexibility index (Phi) is 9.89. The van der Waals surface area contributed by atoms with Gasteiger partial charge in [-0.05, 0) is 25.7 Å². The van der Waals surface area contributed by atoms with Gasteiger partial charge in [0.2, 0.25) is 0 Å². The first-order chi connectivity index (χ1) is 8.11. The Labute approximate surface area is 106 Å². The van der Waals surface area contributed by atoms with Gasteiger partial charge in [-0.2, -0.15) is 0 Å². The highest BCUT2D eigenvalue weighted by molar-refractivity contribution is 5.85. The molecule has 0 saturated heterocycles. The van der Waals surface area contributed by atoms with Gasteiger partial charge in [-0.1, -0.05) is 58.4 Å². The summed E-state index contributed by atoms with van der Waals surface area (Å²) in [4.78, 5) is 10.7. The van der Waals surface area contributed by atoms with Gasteiger partial charge >= 0.3 is 5.97 Å². The molecule has 0 aromatic carbocycles. The molecule has 0 aliphatic carbocycles. The Morgan fingerprint density at radius 2 is 1.71 bits per heavy atom. The summed E-state index contributed by atoms with van der Waals surface area (Å²) in [6, 6.07) is 0. The molecule has 0 radical (unpaired) electrons. The first-order valence-electron chi connectivity index (χ1n) is 7.03. The molecule has 2 heteroatoms. The topological polar surface area (TPSA) is 37.3 Å². The smallest absolute Gasteiger partial charge is 0.330 e. The quantitative estimate of drug-likeness (QED) is 0.440. The van der Waals surface area contributed by atoms with Gasteiger partial charge in [-0.25, -0.2) is 4.79 Å². The average Bonchev–Trinajstić information content (AvgIpc) is 2.31. The van der Waals surface area contributed by atoms with E-state index in [0.29, 0.717) is 11.5 Å². The van der Waals surface area contributed by atoms with Crippen LogP contribution in [0.3, 0.4) is 0 Å². The number of carbonyl (C=O) groups is 1. The van der Waals surface area contributed by atoms with Gasteiger partial charge in [0.1, 0.15) is 0 Å². The van der Waals surface area contributed by atoms with Crippen molar-refractivity contribution < 1.29 is 9.90 Å². The largest absolute Gasteiger partial charge is 0.478 e. The lowest BCUT2D eigenvalue weighted by molar-refractivity contribution is -0.132. The zero-order chi connectivity index (χ0) is 13.1. The van der Waals surface area contributed by atoms with Crippen LogP contribution < -0.4 is 0 Å². The molecule has 2 nitrogen and oxygen atoms in total. The summed E-state index contributed by atoms with van der Waals surface area (Å²) in [7, 11) is 0. The van der Waals surface area contributed by atoms with E-state index in [2.05, 4.69) is 13.8 Å². The number of carboxylic acid groups (broad SMARTS) is 1. The van der Waals surface area contributed by atoms with E-state index in [9.17, 15) is 4.79 Å². The predicted octanol–water partition coefficient (Wildman–Crippen LogP) is 4.79. The van der Waals surface area contributed by atoms with E-state index in [0.717, 1.165) is 12.8 Å². The molecule has 0 spiro atoms. The van der Waals surface area contributed by atoms with Gasteiger partial charge in [0.05, 0.1) is 0 Å². The Balaban J connectivity index is 3.76. The minimum absolute atomic E-state index is 0.442. The summed E-state index contributed by atoms with van der Waals surface area (Å²) in [5, 5.41) is 8.83. The number of unbranched alkanes of at least 4 members (excludes halogenated alkanes) is 5. The number of rotatable bonds is 10. The molecular formula is C15H28O2. The van der Waals surface area contributed by atoms with Crippen molar-refractivity contribution in [3.05, 3.63) is 11.6 Å². The third-order valence-corrected chi connectivity index (χ3v) is 3.28. The molecule has 1 N–H and O–H groups in total. The second-order valence-corrected chi connectivity index (χ2v) is 4.88. The molecule has 0 rings (SSSR count). The van der Waals surface area contributed by atoms with Crippen LogP contribution in [-0.4, -0.2) is 11.1 Å².